The number of benzene rings is 2. The minimum Gasteiger partial charge on any atom is -0.493 e. The molecule has 0 bridgehead atoms. The number of hydrogen-bond acceptors (Lipinski definition) is 6. The van der Waals surface area contributed by atoms with Crippen LogP contribution in [0.2, 0.25) is 0 Å². The van der Waals surface area contributed by atoms with E-state index < -0.39 is 0 Å². The molecule has 7 nitrogen and oxygen atoms in total. The van der Waals surface area contributed by atoms with Gasteiger partial charge in [-0.25, -0.2) is 0 Å². The lowest BCUT2D eigenvalue weighted by Gasteiger charge is -2.25. The quantitative estimate of drug-likeness (QED) is 0.597. The van der Waals surface area contributed by atoms with Gasteiger partial charge in [0.1, 0.15) is 0 Å². The Bertz CT molecular complexity index is 1110. The van der Waals surface area contributed by atoms with Crippen molar-refractivity contribution in [2.45, 2.75) is 38.1 Å². The standard InChI is InChI=1S/C24H25N3O4/c1-3-30-20-11-9-16(12-21(20)29-2)23-25-24(31-26-23)17-13-22(28)27(14-17)19-10-8-15-6-4-5-7-18(15)19/h4-7,9,11-12,17,19H,3,8,10,13-14H2,1-2H3. The Morgan fingerprint density at radius 2 is 2.06 bits per heavy atom. The van der Waals surface area contributed by atoms with Crippen molar-refractivity contribution in [1.82, 2.24) is 15.0 Å². The molecular weight excluding hydrogens is 394 g/mol. The average molecular weight is 419 g/mol. The summed E-state index contributed by atoms with van der Waals surface area (Å²) in [7, 11) is 1.60. The highest BCUT2D eigenvalue weighted by Crippen LogP contribution is 2.41. The number of methoxy groups -OCH3 is 1. The zero-order chi connectivity index (χ0) is 21.4. The Labute approximate surface area is 181 Å². The molecule has 1 aromatic heterocycles. The molecule has 0 radical (unpaired) electrons. The van der Waals surface area contributed by atoms with Crippen molar-refractivity contribution in [3.63, 3.8) is 0 Å². The van der Waals surface area contributed by atoms with Gasteiger partial charge in [-0.2, -0.15) is 4.98 Å². The Hall–Kier alpha value is -3.35. The largest absolute Gasteiger partial charge is 0.493 e. The maximum atomic E-state index is 12.8. The predicted molar refractivity (Wildman–Crippen MR) is 114 cm³/mol. The second kappa shape index (κ2) is 8.06. The van der Waals surface area contributed by atoms with Gasteiger partial charge < -0.3 is 18.9 Å². The van der Waals surface area contributed by atoms with Crippen LogP contribution < -0.4 is 9.47 Å². The summed E-state index contributed by atoms with van der Waals surface area (Å²) in [6, 6.07) is 14.1. The zero-order valence-corrected chi connectivity index (χ0v) is 17.7. The molecule has 31 heavy (non-hydrogen) atoms. The van der Waals surface area contributed by atoms with E-state index in [1.165, 1.54) is 11.1 Å². The molecule has 7 heteroatoms. The molecule has 2 atom stereocenters. The summed E-state index contributed by atoms with van der Waals surface area (Å²) < 4.78 is 16.6. The topological polar surface area (TPSA) is 77.7 Å². The molecule has 1 saturated heterocycles. The Morgan fingerprint density at radius 3 is 2.90 bits per heavy atom. The van der Waals surface area contributed by atoms with Crippen molar-refractivity contribution < 1.29 is 18.8 Å². The van der Waals surface area contributed by atoms with E-state index in [4.69, 9.17) is 14.0 Å². The lowest BCUT2D eigenvalue weighted by molar-refractivity contribution is -0.129. The van der Waals surface area contributed by atoms with Crippen molar-refractivity contribution in [1.29, 1.82) is 0 Å². The number of aromatic nitrogens is 2. The Balaban J connectivity index is 1.35. The van der Waals surface area contributed by atoms with E-state index >= 15 is 0 Å². The van der Waals surface area contributed by atoms with E-state index in [1.807, 2.05) is 36.1 Å². The average Bonchev–Trinajstić information content (AvgIpc) is 3.52. The molecule has 160 valence electrons. The first-order valence-corrected chi connectivity index (χ1v) is 10.7. The molecule has 1 aliphatic heterocycles. The van der Waals surface area contributed by atoms with Crippen LogP contribution in [-0.2, 0) is 11.2 Å². The lowest BCUT2D eigenvalue weighted by Crippen LogP contribution is -2.28. The van der Waals surface area contributed by atoms with Gasteiger partial charge in [-0.1, -0.05) is 29.4 Å². The Morgan fingerprint density at radius 1 is 1.19 bits per heavy atom. The van der Waals surface area contributed by atoms with E-state index in [-0.39, 0.29) is 17.9 Å². The van der Waals surface area contributed by atoms with Gasteiger partial charge in [-0.05, 0) is 49.1 Å². The monoisotopic (exact) mass is 419 g/mol. The minimum absolute atomic E-state index is 0.0916. The zero-order valence-electron chi connectivity index (χ0n) is 17.7. The molecule has 3 aromatic rings. The number of nitrogens with zero attached hydrogens (tertiary/aromatic N) is 3. The van der Waals surface area contributed by atoms with E-state index in [2.05, 4.69) is 28.3 Å². The highest BCUT2D eigenvalue weighted by Gasteiger charge is 2.40. The molecule has 1 amide bonds. The number of likely N-dealkylation sites (tertiary alicyclic amines) is 1. The summed E-state index contributed by atoms with van der Waals surface area (Å²) in [5, 5.41) is 4.15. The molecule has 0 saturated carbocycles. The normalized spacial score (nSPS) is 20.2. The first-order valence-electron chi connectivity index (χ1n) is 10.7. The van der Waals surface area contributed by atoms with Crippen molar-refractivity contribution in [3.8, 4) is 22.9 Å². The first-order chi connectivity index (χ1) is 15.2. The van der Waals surface area contributed by atoms with Crippen molar-refractivity contribution >= 4 is 5.91 Å². The lowest BCUT2D eigenvalue weighted by atomic mass is 10.1. The summed E-state index contributed by atoms with van der Waals surface area (Å²) in [5.41, 5.74) is 3.39. The number of ether oxygens (including phenoxy) is 2. The third kappa shape index (κ3) is 3.54. The summed E-state index contributed by atoms with van der Waals surface area (Å²) >= 11 is 0. The van der Waals surface area contributed by atoms with Gasteiger partial charge in [0.15, 0.2) is 11.5 Å². The van der Waals surface area contributed by atoms with Gasteiger partial charge in [-0.15, -0.1) is 0 Å². The molecule has 1 fully saturated rings. The van der Waals surface area contributed by atoms with Gasteiger partial charge in [-0.3, -0.25) is 4.79 Å². The van der Waals surface area contributed by atoms with Crippen LogP contribution in [0.15, 0.2) is 47.0 Å². The van der Waals surface area contributed by atoms with Crippen molar-refractivity contribution in [3.05, 3.63) is 59.5 Å². The molecule has 2 aromatic carbocycles. The first kappa shape index (κ1) is 19.6. The number of rotatable bonds is 6. The number of carbonyl (C=O) groups is 1. The number of fused-ring (bicyclic) bond motifs is 1. The number of aryl methyl sites for hydroxylation is 1. The van der Waals surface area contributed by atoms with Crippen LogP contribution in [0.25, 0.3) is 11.4 Å². The van der Waals surface area contributed by atoms with E-state index in [1.54, 1.807) is 7.11 Å². The van der Waals surface area contributed by atoms with E-state index in [0.717, 1.165) is 18.4 Å². The fourth-order valence-electron chi connectivity index (χ4n) is 4.66. The third-order valence-corrected chi connectivity index (χ3v) is 6.15. The van der Waals surface area contributed by atoms with Crippen LogP contribution in [0.5, 0.6) is 11.5 Å². The maximum Gasteiger partial charge on any atom is 0.232 e. The molecule has 2 unspecified atom stereocenters. The van der Waals surface area contributed by atoms with Crippen molar-refractivity contribution in [2.24, 2.45) is 0 Å². The second-order valence-electron chi connectivity index (χ2n) is 7.96. The molecular formula is C24H25N3O4. The smallest absolute Gasteiger partial charge is 0.232 e. The molecule has 5 rings (SSSR count). The van der Waals surface area contributed by atoms with Gasteiger partial charge in [0.05, 0.1) is 25.7 Å². The minimum atomic E-state index is -0.0916. The molecule has 1 aliphatic carbocycles. The molecule has 2 aliphatic rings. The number of hydrogen-bond donors (Lipinski definition) is 0. The fourth-order valence-corrected chi connectivity index (χ4v) is 4.66. The summed E-state index contributed by atoms with van der Waals surface area (Å²) in [6.45, 7) is 3.08. The third-order valence-electron chi connectivity index (χ3n) is 6.15. The fraction of sp³-hybridized carbons (Fsp3) is 0.375. The molecule has 0 spiro atoms. The van der Waals surface area contributed by atoms with E-state index in [0.29, 0.717) is 42.8 Å². The SMILES string of the molecule is CCOc1ccc(-c2noc(C3CC(=O)N(C4CCc5ccccc54)C3)n2)cc1OC. The number of amides is 1. The van der Waals surface area contributed by atoms with Crippen LogP contribution in [0.1, 0.15) is 48.7 Å². The van der Waals surface area contributed by atoms with Crippen LogP contribution in [-0.4, -0.2) is 41.2 Å². The Kier molecular flexibility index (Phi) is 5.10. The maximum absolute atomic E-state index is 12.8. The van der Waals surface area contributed by atoms with Crippen LogP contribution in [0.4, 0.5) is 0 Å². The number of carbonyl (C=O) groups excluding carboxylic acids is 1. The van der Waals surface area contributed by atoms with Gasteiger partial charge in [0.25, 0.3) is 0 Å². The van der Waals surface area contributed by atoms with Crippen molar-refractivity contribution in [2.75, 3.05) is 20.3 Å². The van der Waals surface area contributed by atoms with Crippen LogP contribution in [0, 0.1) is 0 Å². The van der Waals surface area contributed by atoms with Gasteiger partial charge >= 0.3 is 0 Å². The summed E-state index contributed by atoms with van der Waals surface area (Å²) in [6.07, 6.45) is 2.38. The predicted octanol–water partition coefficient (Wildman–Crippen LogP) is 4.15. The van der Waals surface area contributed by atoms with E-state index in [9.17, 15) is 4.79 Å². The summed E-state index contributed by atoms with van der Waals surface area (Å²) in [5.74, 6) is 2.33. The van der Waals surface area contributed by atoms with Gasteiger partial charge in [0, 0.05) is 18.5 Å². The van der Waals surface area contributed by atoms with Gasteiger partial charge in [0.2, 0.25) is 17.6 Å². The van der Waals surface area contributed by atoms with Crippen LogP contribution in [0.3, 0.4) is 0 Å². The molecule has 2 heterocycles. The highest BCUT2D eigenvalue weighted by atomic mass is 16.5. The summed E-state index contributed by atoms with van der Waals surface area (Å²) in [4.78, 5) is 19.4. The van der Waals surface area contributed by atoms with Crippen LogP contribution >= 0.6 is 0 Å². The molecule has 0 N–H and O–H groups in total. The highest BCUT2D eigenvalue weighted by molar-refractivity contribution is 5.80. The second-order valence-corrected chi connectivity index (χ2v) is 7.96.